The molecule has 1 rings (SSSR count). The van der Waals surface area contributed by atoms with Gasteiger partial charge in [0.2, 0.25) is 5.91 Å². The molecule has 0 aliphatic heterocycles. The highest BCUT2D eigenvalue weighted by Crippen LogP contribution is 2.37. The van der Waals surface area contributed by atoms with Crippen LogP contribution in [0.1, 0.15) is 12.0 Å². The molecule has 1 aromatic carbocycles. The predicted molar refractivity (Wildman–Crippen MR) is 69.5 cm³/mol. The third kappa shape index (κ3) is 6.93. The molecule has 0 aromatic heterocycles. The van der Waals surface area contributed by atoms with Crippen LogP contribution in [0, 0.1) is 0 Å². The average Bonchev–Trinajstić information content (AvgIpc) is 2.33. The predicted octanol–water partition coefficient (Wildman–Crippen LogP) is 0.166. The quantitative estimate of drug-likeness (QED) is 0.530. The van der Waals surface area contributed by atoms with Crippen molar-refractivity contribution in [3.63, 3.8) is 0 Å². The largest absolute Gasteiger partial charge is 0.524 e. The lowest BCUT2D eigenvalue weighted by Gasteiger charge is -2.07. The molecule has 1 aromatic rings. The van der Waals surface area contributed by atoms with Crippen LogP contribution in [-0.2, 0) is 15.8 Å². The van der Waals surface area contributed by atoms with E-state index in [9.17, 15) is 9.36 Å². The van der Waals surface area contributed by atoms with Crippen LogP contribution in [0.3, 0.4) is 0 Å². The third-order valence-electron chi connectivity index (χ3n) is 2.25. The van der Waals surface area contributed by atoms with Gasteiger partial charge in [-0.05, 0) is 24.1 Å². The molecular formula is C11H17N2O5P. The number of phosphoric acid groups is 1. The number of amides is 1. The smallest absolute Gasteiger partial charge is 0.404 e. The lowest BCUT2D eigenvalue weighted by molar-refractivity contribution is -0.121. The molecule has 0 aliphatic carbocycles. The first kappa shape index (κ1) is 15.7. The summed E-state index contributed by atoms with van der Waals surface area (Å²) in [5.41, 5.74) is 6.13. The lowest BCUT2D eigenvalue weighted by Crippen LogP contribution is -2.29. The first-order chi connectivity index (χ1) is 8.90. The Balaban J connectivity index is 2.44. The summed E-state index contributed by atoms with van der Waals surface area (Å²) in [6.45, 7) is 0.855. The van der Waals surface area contributed by atoms with Gasteiger partial charge in [-0.2, -0.15) is 0 Å². The molecule has 0 saturated heterocycles. The van der Waals surface area contributed by atoms with E-state index in [0.29, 0.717) is 25.9 Å². The molecule has 7 nitrogen and oxygen atoms in total. The van der Waals surface area contributed by atoms with Crippen LogP contribution in [0.15, 0.2) is 24.3 Å². The third-order valence-corrected chi connectivity index (χ3v) is 2.70. The monoisotopic (exact) mass is 288 g/mol. The van der Waals surface area contributed by atoms with Crippen molar-refractivity contribution < 1.29 is 23.7 Å². The van der Waals surface area contributed by atoms with Crippen molar-refractivity contribution >= 4 is 13.7 Å². The van der Waals surface area contributed by atoms with Crippen molar-refractivity contribution in [2.45, 2.75) is 12.8 Å². The maximum absolute atomic E-state index is 11.3. The summed E-state index contributed by atoms with van der Waals surface area (Å²) in [4.78, 5) is 28.6. The number of nitrogens with two attached hydrogens (primary N) is 1. The van der Waals surface area contributed by atoms with Crippen molar-refractivity contribution in [1.82, 2.24) is 5.32 Å². The SMILES string of the molecule is NCCNC(=O)CCc1ccc(OP(=O)(O)O)cc1. The number of benzene rings is 1. The first-order valence-electron chi connectivity index (χ1n) is 5.71. The molecule has 8 heteroatoms. The highest BCUT2D eigenvalue weighted by molar-refractivity contribution is 7.46. The van der Waals surface area contributed by atoms with Gasteiger partial charge in [-0.15, -0.1) is 0 Å². The van der Waals surface area contributed by atoms with Crippen LogP contribution >= 0.6 is 7.82 Å². The molecule has 19 heavy (non-hydrogen) atoms. The van der Waals surface area contributed by atoms with Crippen molar-refractivity contribution in [2.75, 3.05) is 13.1 Å². The molecule has 0 saturated carbocycles. The van der Waals surface area contributed by atoms with Crippen LogP contribution in [0.25, 0.3) is 0 Å². The summed E-state index contributed by atoms with van der Waals surface area (Å²) in [7, 11) is -4.52. The van der Waals surface area contributed by atoms with E-state index in [1.165, 1.54) is 12.1 Å². The molecule has 0 bridgehead atoms. The van der Waals surface area contributed by atoms with Crippen LogP contribution in [0.2, 0.25) is 0 Å². The van der Waals surface area contributed by atoms with Gasteiger partial charge in [0.1, 0.15) is 5.75 Å². The summed E-state index contributed by atoms with van der Waals surface area (Å²) in [6, 6.07) is 6.21. The van der Waals surface area contributed by atoms with Crippen LogP contribution in [0.5, 0.6) is 5.75 Å². The van der Waals surface area contributed by atoms with Crippen LogP contribution in [0.4, 0.5) is 0 Å². The van der Waals surface area contributed by atoms with Crippen molar-refractivity contribution in [3.8, 4) is 5.75 Å². The van der Waals surface area contributed by atoms with Gasteiger partial charge in [-0.25, -0.2) is 4.57 Å². The van der Waals surface area contributed by atoms with Crippen LogP contribution in [-0.4, -0.2) is 28.8 Å². The Morgan fingerprint density at radius 2 is 1.95 bits per heavy atom. The summed E-state index contributed by atoms with van der Waals surface area (Å²) >= 11 is 0. The van der Waals surface area contributed by atoms with E-state index in [2.05, 4.69) is 9.84 Å². The zero-order valence-electron chi connectivity index (χ0n) is 10.3. The highest BCUT2D eigenvalue weighted by Gasteiger charge is 2.15. The second-order valence-electron chi connectivity index (χ2n) is 3.86. The normalized spacial score (nSPS) is 11.1. The first-order valence-corrected chi connectivity index (χ1v) is 7.24. The van der Waals surface area contributed by atoms with E-state index in [4.69, 9.17) is 15.5 Å². The Morgan fingerprint density at radius 1 is 1.32 bits per heavy atom. The fraction of sp³-hybridized carbons (Fsp3) is 0.364. The summed E-state index contributed by atoms with van der Waals surface area (Å²) in [5.74, 6) is 0.00524. The molecule has 0 heterocycles. The van der Waals surface area contributed by atoms with Crippen LogP contribution < -0.4 is 15.6 Å². The van der Waals surface area contributed by atoms with Gasteiger partial charge in [-0.3, -0.25) is 14.6 Å². The van der Waals surface area contributed by atoms with Gasteiger partial charge in [0.15, 0.2) is 0 Å². The highest BCUT2D eigenvalue weighted by atomic mass is 31.2. The molecule has 5 N–H and O–H groups in total. The molecule has 0 spiro atoms. The Hall–Kier alpha value is -1.40. The number of carbonyl (C=O) groups is 1. The fourth-order valence-electron chi connectivity index (χ4n) is 1.41. The summed E-state index contributed by atoms with van der Waals surface area (Å²) in [6.07, 6.45) is 0.866. The number of carbonyl (C=O) groups excluding carboxylic acids is 1. The number of phosphoric ester groups is 1. The Kier molecular flexibility index (Phi) is 5.98. The number of nitrogens with one attached hydrogen (secondary N) is 1. The van der Waals surface area contributed by atoms with Gasteiger partial charge in [0, 0.05) is 19.5 Å². The average molecular weight is 288 g/mol. The number of aryl methyl sites for hydroxylation is 1. The van der Waals surface area contributed by atoms with Gasteiger partial charge in [0.25, 0.3) is 0 Å². The number of hydrogen-bond acceptors (Lipinski definition) is 4. The molecule has 0 fully saturated rings. The minimum atomic E-state index is -4.52. The van der Waals surface area contributed by atoms with Crippen molar-refractivity contribution in [2.24, 2.45) is 5.73 Å². The maximum Gasteiger partial charge on any atom is 0.524 e. The molecule has 106 valence electrons. The van der Waals surface area contributed by atoms with E-state index in [0.717, 1.165) is 5.56 Å². The number of rotatable bonds is 7. The second kappa shape index (κ2) is 7.25. The van der Waals surface area contributed by atoms with E-state index in [1.807, 2.05) is 0 Å². The minimum absolute atomic E-state index is 0.0824. The van der Waals surface area contributed by atoms with Crippen molar-refractivity contribution in [1.29, 1.82) is 0 Å². The Bertz CT molecular complexity index is 457. The second-order valence-corrected chi connectivity index (χ2v) is 5.03. The van der Waals surface area contributed by atoms with Gasteiger partial charge >= 0.3 is 7.82 Å². The van der Waals surface area contributed by atoms with E-state index in [1.54, 1.807) is 12.1 Å². The van der Waals surface area contributed by atoms with Gasteiger partial charge < -0.3 is 15.6 Å². The van der Waals surface area contributed by atoms with Gasteiger partial charge in [0.05, 0.1) is 0 Å². The molecule has 0 atom stereocenters. The van der Waals surface area contributed by atoms with Gasteiger partial charge in [-0.1, -0.05) is 12.1 Å². The molecular weight excluding hydrogens is 271 g/mol. The molecule has 0 radical (unpaired) electrons. The van der Waals surface area contributed by atoms with E-state index in [-0.39, 0.29) is 11.7 Å². The molecule has 0 aliphatic rings. The minimum Gasteiger partial charge on any atom is -0.404 e. The molecule has 1 amide bonds. The summed E-state index contributed by atoms with van der Waals surface area (Å²) < 4.78 is 15.0. The zero-order valence-corrected chi connectivity index (χ0v) is 11.2. The fourth-order valence-corrected chi connectivity index (χ4v) is 1.81. The van der Waals surface area contributed by atoms with Crippen molar-refractivity contribution in [3.05, 3.63) is 29.8 Å². The standard InChI is InChI=1S/C11H17N2O5P/c12-7-8-13-11(14)6-3-9-1-4-10(5-2-9)18-19(15,16)17/h1-2,4-5H,3,6-8,12H2,(H,13,14)(H2,15,16,17). The molecule has 0 unspecified atom stereocenters. The number of hydrogen-bond donors (Lipinski definition) is 4. The van der Waals surface area contributed by atoms with E-state index < -0.39 is 7.82 Å². The van der Waals surface area contributed by atoms with E-state index >= 15 is 0 Å². The zero-order chi connectivity index (χ0) is 14.3. The lowest BCUT2D eigenvalue weighted by atomic mass is 10.1. The maximum atomic E-state index is 11.3. The Morgan fingerprint density at radius 3 is 2.47 bits per heavy atom. The topological polar surface area (TPSA) is 122 Å². The summed E-state index contributed by atoms with van der Waals surface area (Å²) in [5, 5.41) is 2.65. The Labute approximate surface area is 111 Å².